The molecule has 0 atom stereocenters. The molecule has 11 heteroatoms. The summed E-state index contributed by atoms with van der Waals surface area (Å²) >= 11 is 0. The first-order valence-corrected chi connectivity index (χ1v) is 14.1. The number of carboxylic acid groups (broad SMARTS) is 1. The average molecular weight is 550 g/mol. The zero-order valence-corrected chi connectivity index (χ0v) is 23.4. The molecule has 0 aromatic rings. The zero-order chi connectivity index (χ0) is 27.9. The molecule has 0 radical (unpaired) electrons. The summed E-state index contributed by atoms with van der Waals surface area (Å²) in [4.78, 5) is 33.4. The fourth-order valence-electron chi connectivity index (χ4n) is 3.21. The van der Waals surface area contributed by atoms with Gasteiger partial charge in [-0.25, -0.2) is 0 Å². The van der Waals surface area contributed by atoms with Crippen LogP contribution in [0, 0.1) is 0 Å². The van der Waals surface area contributed by atoms with Crippen molar-refractivity contribution < 1.29 is 47.9 Å². The molecule has 0 unspecified atom stereocenters. The van der Waals surface area contributed by atoms with Crippen LogP contribution in [-0.2, 0) is 42.8 Å². The van der Waals surface area contributed by atoms with Crippen LogP contribution in [0.3, 0.4) is 0 Å². The highest BCUT2D eigenvalue weighted by molar-refractivity contribution is 5.80. The highest BCUT2D eigenvalue weighted by Crippen LogP contribution is 2.08. The molecular formula is C27H51NO10. The number of ether oxygens (including phenoxy) is 6. The highest BCUT2D eigenvalue weighted by Gasteiger charge is 2.04. The number of unbranched alkanes of at least 4 members (excludes halogenated alkanes) is 6. The van der Waals surface area contributed by atoms with E-state index in [0.29, 0.717) is 85.5 Å². The third-order valence-electron chi connectivity index (χ3n) is 5.32. The summed E-state index contributed by atoms with van der Waals surface area (Å²) < 4.78 is 32.2. The average Bonchev–Trinajstić information content (AvgIpc) is 2.90. The summed E-state index contributed by atoms with van der Waals surface area (Å²) in [5.41, 5.74) is 0. The molecule has 0 rings (SSSR count). The Balaban J connectivity index is 3.17. The minimum Gasteiger partial charge on any atom is -0.481 e. The second-order valence-electron chi connectivity index (χ2n) is 8.75. The van der Waals surface area contributed by atoms with E-state index in [1.165, 1.54) is 32.1 Å². The van der Waals surface area contributed by atoms with Crippen LogP contribution in [0.15, 0.2) is 0 Å². The topological polar surface area (TPSA) is 139 Å². The monoisotopic (exact) mass is 549 g/mol. The Labute approximate surface area is 228 Å². The minimum atomic E-state index is -0.981. The first kappa shape index (κ1) is 36.2. The molecule has 0 bridgehead atoms. The van der Waals surface area contributed by atoms with E-state index in [1.807, 2.05) is 0 Å². The maximum atomic E-state index is 11.7. The Morgan fingerprint density at radius 1 is 0.553 bits per heavy atom. The smallest absolute Gasteiger partial charge is 0.305 e. The van der Waals surface area contributed by atoms with E-state index < -0.39 is 5.97 Å². The van der Waals surface area contributed by atoms with E-state index in [4.69, 9.17) is 33.5 Å². The fourth-order valence-corrected chi connectivity index (χ4v) is 3.21. The Morgan fingerprint density at radius 2 is 1.03 bits per heavy atom. The van der Waals surface area contributed by atoms with Crippen molar-refractivity contribution in [2.24, 2.45) is 0 Å². The molecule has 0 spiro atoms. The maximum Gasteiger partial charge on any atom is 0.305 e. The van der Waals surface area contributed by atoms with E-state index in [2.05, 4.69) is 12.2 Å². The Hall–Kier alpha value is -1.79. The van der Waals surface area contributed by atoms with E-state index in [9.17, 15) is 14.4 Å². The molecule has 1 amide bonds. The van der Waals surface area contributed by atoms with Crippen LogP contribution in [0.5, 0.6) is 0 Å². The number of rotatable bonds is 30. The lowest BCUT2D eigenvalue weighted by atomic mass is 10.1. The summed E-state index contributed by atoms with van der Waals surface area (Å²) in [6.07, 6.45) is 9.23. The van der Waals surface area contributed by atoms with Gasteiger partial charge in [0, 0.05) is 26.0 Å². The molecule has 0 aliphatic heterocycles. The number of carbonyl (C=O) groups excluding carboxylic acids is 2. The number of hydrogen-bond donors (Lipinski definition) is 2. The van der Waals surface area contributed by atoms with Gasteiger partial charge in [-0.2, -0.15) is 0 Å². The summed E-state index contributed by atoms with van der Waals surface area (Å²) in [5, 5.41) is 11.2. The van der Waals surface area contributed by atoms with Crippen molar-refractivity contribution in [3.05, 3.63) is 0 Å². The number of esters is 1. The third-order valence-corrected chi connectivity index (χ3v) is 5.32. The number of hydrogen-bond acceptors (Lipinski definition) is 9. The third kappa shape index (κ3) is 30.4. The standard InChI is InChI=1S/C27H51NO10/c1-2-3-4-5-6-7-8-10-27(32)38-24-23-37-22-21-36-20-19-35-18-17-34-16-15-33-14-9-13-28-25(29)11-12-26(30)31/h2-24H2,1H3,(H,28,29)(H,30,31). The van der Waals surface area contributed by atoms with Crippen molar-refractivity contribution in [3.63, 3.8) is 0 Å². The molecule has 0 aliphatic rings. The maximum absolute atomic E-state index is 11.7. The van der Waals surface area contributed by atoms with Gasteiger partial charge >= 0.3 is 11.9 Å². The number of amides is 1. The molecule has 0 heterocycles. The van der Waals surface area contributed by atoms with Gasteiger partial charge in [0.05, 0.1) is 65.9 Å². The summed E-state index contributed by atoms with van der Waals surface area (Å²) in [6.45, 7) is 7.46. The summed E-state index contributed by atoms with van der Waals surface area (Å²) in [6, 6.07) is 0. The second kappa shape index (κ2) is 29.8. The van der Waals surface area contributed by atoms with Gasteiger partial charge in [-0.15, -0.1) is 0 Å². The first-order valence-electron chi connectivity index (χ1n) is 14.1. The normalized spacial score (nSPS) is 11.0. The lowest BCUT2D eigenvalue weighted by Crippen LogP contribution is -2.25. The number of nitrogens with one attached hydrogen (secondary N) is 1. The van der Waals surface area contributed by atoms with Gasteiger partial charge in [-0.05, 0) is 12.8 Å². The van der Waals surface area contributed by atoms with Gasteiger partial charge in [0.2, 0.25) is 5.91 Å². The van der Waals surface area contributed by atoms with E-state index in [-0.39, 0.29) is 31.3 Å². The van der Waals surface area contributed by atoms with Crippen molar-refractivity contribution in [1.82, 2.24) is 5.32 Å². The molecule has 0 aromatic carbocycles. The quantitative estimate of drug-likeness (QED) is 0.101. The fraction of sp³-hybridized carbons (Fsp3) is 0.889. The minimum absolute atomic E-state index is 0.00789. The molecular weight excluding hydrogens is 498 g/mol. The predicted molar refractivity (Wildman–Crippen MR) is 142 cm³/mol. The molecule has 0 fully saturated rings. The molecule has 2 N–H and O–H groups in total. The lowest BCUT2D eigenvalue weighted by molar-refractivity contribution is -0.145. The van der Waals surface area contributed by atoms with Crippen LogP contribution >= 0.6 is 0 Å². The summed E-state index contributed by atoms with van der Waals surface area (Å²) in [7, 11) is 0. The number of aliphatic carboxylic acids is 1. The molecule has 38 heavy (non-hydrogen) atoms. The molecule has 0 aliphatic carbocycles. The van der Waals surface area contributed by atoms with Crippen LogP contribution in [0.4, 0.5) is 0 Å². The van der Waals surface area contributed by atoms with Gasteiger partial charge in [-0.3, -0.25) is 14.4 Å². The van der Waals surface area contributed by atoms with E-state index in [0.717, 1.165) is 12.8 Å². The number of carbonyl (C=O) groups is 3. The Bertz CT molecular complexity index is 562. The van der Waals surface area contributed by atoms with Gasteiger partial charge in [0.15, 0.2) is 0 Å². The predicted octanol–water partition coefficient (Wildman–Crippen LogP) is 3.12. The van der Waals surface area contributed by atoms with Crippen molar-refractivity contribution in [2.75, 3.05) is 79.2 Å². The molecule has 224 valence electrons. The van der Waals surface area contributed by atoms with Crippen LogP contribution in [-0.4, -0.2) is 102 Å². The van der Waals surface area contributed by atoms with Gasteiger partial charge < -0.3 is 38.8 Å². The Kier molecular flexibility index (Phi) is 28.4. The van der Waals surface area contributed by atoms with Crippen molar-refractivity contribution in [1.29, 1.82) is 0 Å². The van der Waals surface area contributed by atoms with Crippen LogP contribution in [0.2, 0.25) is 0 Å². The highest BCUT2D eigenvalue weighted by atomic mass is 16.6. The van der Waals surface area contributed by atoms with Gasteiger partial charge in [-0.1, -0.05) is 45.4 Å². The van der Waals surface area contributed by atoms with Crippen LogP contribution < -0.4 is 5.32 Å². The zero-order valence-electron chi connectivity index (χ0n) is 23.4. The van der Waals surface area contributed by atoms with Crippen molar-refractivity contribution in [3.8, 4) is 0 Å². The SMILES string of the molecule is CCCCCCCCCC(=O)OCCOCCOCCOCCOCCOCCCNC(=O)CCC(=O)O. The summed E-state index contributed by atoms with van der Waals surface area (Å²) in [5.74, 6) is -1.40. The van der Waals surface area contributed by atoms with Crippen LogP contribution in [0.25, 0.3) is 0 Å². The van der Waals surface area contributed by atoms with Gasteiger partial charge in [0.1, 0.15) is 6.61 Å². The number of carboxylic acids is 1. The Morgan fingerprint density at radius 3 is 1.55 bits per heavy atom. The second-order valence-corrected chi connectivity index (χ2v) is 8.75. The van der Waals surface area contributed by atoms with E-state index >= 15 is 0 Å². The van der Waals surface area contributed by atoms with Gasteiger partial charge in [0.25, 0.3) is 0 Å². The van der Waals surface area contributed by atoms with E-state index in [1.54, 1.807) is 0 Å². The van der Waals surface area contributed by atoms with Crippen molar-refractivity contribution >= 4 is 17.8 Å². The molecule has 11 nitrogen and oxygen atoms in total. The first-order chi connectivity index (χ1) is 18.6. The lowest BCUT2D eigenvalue weighted by Gasteiger charge is -2.08. The van der Waals surface area contributed by atoms with Crippen LogP contribution in [0.1, 0.15) is 77.6 Å². The largest absolute Gasteiger partial charge is 0.481 e. The molecule has 0 saturated carbocycles. The van der Waals surface area contributed by atoms with Crippen molar-refractivity contribution in [2.45, 2.75) is 77.6 Å². The molecule has 0 aromatic heterocycles. The molecule has 0 saturated heterocycles.